The normalized spacial score (nSPS) is 11.5. The van der Waals surface area contributed by atoms with Crippen molar-refractivity contribution in [2.24, 2.45) is 0 Å². The lowest BCUT2D eigenvalue weighted by molar-refractivity contribution is 0.217. The van der Waals surface area contributed by atoms with E-state index in [9.17, 15) is 5.11 Å². The maximum atomic E-state index is 9.23. The molecule has 1 nitrogen and oxygen atoms in total. The van der Waals surface area contributed by atoms with Crippen molar-refractivity contribution in [1.29, 1.82) is 0 Å². The van der Waals surface area contributed by atoms with Crippen molar-refractivity contribution >= 4 is 0 Å². The van der Waals surface area contributed by atoms with Crippen LogP contribution in [0, 0.1) is 24.2 Å². The van der Waals surface area contributed by atoms with Crippen molar-refractivity contribution in [3.05, 3.63) is 0 Å². The minimum absolute atomic E-state index is 0.537. The second-order valence-electron chi connectivity index (χ2n) is 6.57. The van der Waals surface area contributed by atoms with Gasteiger partial charge in [0.1, 0.15) is 6.10 Å². The van der Waals surface area contributed by atoms with Gasteiger partial charge in [-0.3, -0.25) is 0 Å². The number of terminal acetylenes is 1. The molecule has 1 atom stereocenters. The number of aliphatic hydroxyl groups excluding tert-OH is 1. The van der Waals surface area contributed by atoms with E-state index >= 15 is 0 Å². The van der Waals surface area contributed by atoms with Gasteiger partial charge in [-0.2, -0.15) is 0 Å². The number of unbranched alkanes of at least 4 members (excludes halogenated alkanes) is 13. The minimum Gasteiger partial charge on any atom is -0.380 e. The molecule has 0 aliphatic heterocycles. The third-order valence-electron chi connectivity index (χ3n) is 4.25. The summed E-state index contributed by atoms with van der Waals surface area (Å²) < 4.78 is 0. The van der Waals surface area contributed by atoms with E-state index in [0.717, 1.165) is 25.7 Å². The lowest BCUT2D eigenvalue weighted by Gasteiger charge is -2.03. The second kappa shape index (κ2) is 19.1. The predicted molar refractivity (Wildman–Crippen MR) is 102 cm³/mol. The Labute approximate surface area is 145 Å². The van der Waals surface area contributed by atoms with Gasteiger partial charge in [-0.1, -0.05) is 77.1 Å². The molecule has 0 rings (SSSR count). The summed E-state index contributed by atoms with van der Waals surface area (Å²) in [5.74, 6) is 9.00. The molecule has 0 aromatic heterocycles. The predicted octanol–water partition coefficient (Wildman–Crippen LogP) is 6.25. The van der Waals surface area contributed by atoms with Crippen molar-refractivity contribution in [2.75, 3.05) is 0 Å². The summed E-state index contributed by atoms with van der Waals surface area (Å²) in [5, 5.41) is 9.23. The number of hydrogen-bond donors (Lipinski definition) is 1. The standard InChI is InChI=1S/C22H38O/c1-3-5-6-7-8-9-10-11-12-13-14-15-16-17-18-19-20-21-22(23)4-2/h2,22-23H,3,5-10,13-21H2,1H3/t22-/m0/s1. The highest BCUT2D eigenvalue weighted by Crippen LogP contribution is 2.10. The van der Waals surface area contributed by atoms with Gasteiger partial charge >= 0.3 is 0 Å². The van der Waals surface area contributed by atoms with Crippen molar-refractivity contribution in [2.45, 2.75) is 116 Å². The molecular weight excluding hydrogens is 280 g/mol. The van der Waals surface area contributed by atoms with Gasteiger partial charge in [0.25, 0.3) is 0 Å². The molecule has 0 radical (unpaired) electrons. The largest absolute Gasteiger partial charge is 0.380 e. The topological polar surface area (TPSA) is 20.2 Å². The fourth-order valence-electron chi connectivity index (χ4n) is 2.69. The van der Waals surface area contributed by atoms with Crippen LogP contribution in [0.1, 0.15) is 110 Å². The van der Waals surface area contributed by atoms with Gasteiger partial charge in [0.15, 0.2) is 0 Å². The zero-order valence-electron chi connectivity index (χ0n) is 15.4. The summed E-state index contributed by atoms with van der Waals surface area (Å²) in [6.07, 6.45) is 24.3. The van der Waals surface area contributed by atoms with Crippen LogP contribution in [0.5, 0.6) is 0 Å². The van der Waals surface area contributed by atoms with Gasteiger partial charge in [0.05, 0.1) is 0 Å². The van der Waals surface area contributed by atoms with Crippen LogP contribution in [-0.2, 0) is 0 Å². The molecule has 0 aliphatic carbocycles. The first kappa shape index (κ1) is 22.1. The molecule has 0 aliphatic rings. The molecule has 0 fully saturated rings. The van der Waals surface area contributed by atoms with Crippen LogP contribution >= 0.6 is 0 Å². The van der Waals surface area contributed by atoms with Crippen LogP contribution < -0.4 is 0 Å². The highest BCUT2D eigenvalue weighted by Gasteiger charge is 1.97. The first-order valence-electron chi connectivity index (χ1n) is 9.91. The highest BCUT2D eigenvalue weighted by molar-refractivity contribution is 4.98. The maximum Gasteiger partial charge on any atom is 0.114 e. The summed E-state index contributed by atoms with van der Waals surface area (Å²) in [7, 11) is 0. The van der Waals surface area contributed by atoms with Crippen molar-refractivity contribution in [1.82, 2.24) is 0 Å². The van der Waals surface area contributed by atoms with Crippen LogP contribution in [0.4, 0.5) is 0 Å². The van der Waals surface area contributed by atoms with E-state index in [1.807, 2.05) is 0 Å². The molecule has 0 saturated heterocycles. The number of rotatable bonds is 15. The van der Waals surface area contributed by atoms with E-state index < -0.39 is 6.10 Å². The Bertz CT molecular complexity index is 328. The highest BCUT2D eigenvalue weighted by atomic mass is 16.3. The van der Waals surface area contributed by atoms with E-state index in [-0.39, 0.29) is 0 Å². The summed E-state index contributed by atoms with van der Waals surface area (Å²) in [6, 6.07) is 0. The van der Waals surface area contributed by atoms with Gasteiger partial charge in [-0.15, -0.1) is 18.3 Å². The van der Waals surface area contributed by atoms with Crippen molar-refractivity contribution in [3.8, 4) is 24.2 Å². The van der Waals surface area contributed by atoms with E-state index in [1.165, 1.54) is 77.0 Å². The fraction of sp³-hybridized carbons (Fsp3) is 0.818. The summed E-state index contributed by atoms with van der Waals surface area (Å²) >= 11 is 0. The van der Waals surface area contributed by atoms with Crippen molar-refractivity contribution < 1.29 is 5.11 Å². The van der Waals surface area contributed by atoms with Crippen LogP contribution in [0.15, 0.2) is 0 Å². The SMILES string of the molecule is C#C[C@H](O)CCCCCCCCCC#CCCCCCCCC. The molecule has 0 unspecified atom stereocenters. The molecule has 23 heavy (non-hydrogen) atoms. The molecule has 0 spiro atoms. The van der Waals surface area contributed by atoms with E-state index in [1.54, 1.807) is 0 Å². The van der Waals surface area contributed by atoms with E-state index in [4.69, 9.17) is 6.42 Å². The van der Waals surface area contributed by atoms with Crippen LogP contribution in [0.2, 0.25) is 0 Å². The summed E-state index contributed by atoms with van der Waals surface area (Å²) in [6.45, 7) is 2.26. The zero-order chi connectivity index (χ0) is 17.0. The molecule has 1 N–H and O–H groups in total. The van der Waals surface area contributed by atoms with Gasteiger partial charge in [-0.05, 0) is 25.7 Å². The average Bonchev–Trinajstić information content (AvgIpc) is 2.57. The first-order chi connectivity index (χ1) is 11.3. The smallest absolute Gasteiger partial charge is 0.114 e. The third-order valence-corrected chi connectivity index (χ3v) is 4.25. The Balaban J connectivity index is 3.13. The number of aliphatic hydroxyl groups is 1. The Morgan fingerprint density at radius 3 is 1.61 bits per heavy atom. The Kier molecular flexibility index (Phi) is 18.4. The molecule has 132 valence electrons. The zero-order valence-corrected chi connectivity index (χ0v) is 15.4. The fourth-order valence-corrected chi connectivity index (χ4v) is 2.69. The van der Waals surface area contributed by atoms with Gasteiger partial charge < -0.3 is 5.11 Å². The molecular formula is C22H38O. The molecule has 0 heterocycles. The Morgan fingerprint density at radius 2 is 1.13 bits per heavy atom. The molecule has 0 amide bonds. The van der Waals surface area contributed by atoms with Crippen LogP contribution in [0.25, 0.3) is 0 Å². The summed E-state index contributed by atoms with van der Waals surface area (Å²) in [4.78, 5) is 0. The number of hydrogen-bond acceptors (Lipinski definition) is 1. The Hall–Kier alpha value is -0.920. The molecule has 0 aromatic rings. The molecule has 1 heteroatoms. The van der Waals surface area contributed by atoms with Gasteiger partial charge in [-0.25, -0.2) is 0 Å². The lowest BCUT2D eigenvalue weighted by Crippen LogP contribution is -2.01. The molecule has 0 bridgehead atoms. The average molecular weight is 319 g/mol. The maximum absolute atomic E-state index is 9.23. The Morgan fingerprint density at radius 1 is 0.696 bits per heavy atom. The van der Waals surface area contributed by atoms with Gasteiger partial charge in [0, 0.05) is 12.8 Å². The van der Waals surface area contributed by atoms with E-state index in [2.05, 4.69) is 24.7 Å². The molecule has 0 saturated carbocycles. The summed E-state index contributed by atoms with van der Waals surface area (Å²) in [5.41, 5.74) is 0. The monoisotopic (exact) mass is 318 g/mol. The van der Waals surface area contributed by atoms with E-state index in [0.29, 0.717) is 0 Å². The van der Waals surface area contributed by atoms with Gasteiger partial charge in [0.2, 0.25) is 0 Å². The second-order valence-corrected chi connectivity index (χ2v) is 6.57. The third kappa shape index (κ3) is 19.0. The first-order valence-corrected chi connectivity index (χ1v) is 9.91. The van der Waals surface area contributed by atoms with Crippen molar-refractivity contribution in [3.63, 3.8) is 0 Å². The van der Waals surface area contributed by atoms with Crippen LogP contribution in [0.3, 0.4) is 0 Å². The molecule has 0 aromatic carbocycles. The van der Waals surface area contributed by atoms with Crippen LogP contribution in [-0.4, -0.2) is 11.2 Å². The lowest BCUT2D eigenvalue weighted by atomic mass is 10.1. The quantitative estimate of drug-likeness (QED) is 0.280. The minimum atomic E-state index is -0.537.